The molecule has 0 saturated heterocycles. The molecule has 2 aromatic rings. The first-order valence-corrected chi connectivity index (χ1v) is 5.75. The molecule has 3 nitrogen and oxygen atoms in total. The van der Waals surface area contributed by atoms with Crippen molar-refractivity contribution in [1.82, 2.24) is 4.98 Å². The van der Waals surface area contributed by atoms with Crippen LogP contribution in [0.15, 0.2) is 36.5 Å². The highest BCUT2D eigenvalue weighted by Crippen LogP contribution is 2.20. The molecule has 18 heavy (non-hydrogen) atoms. The van der Waals surface area contributed by atoms with E-state index in [-0.39, 0.29) is 10.8 Å². The fourth-order valence-corrected chi connectivity index (χ4v) is 1.72. The van der Waals surface area contributed by atoms with Gasteiger partial charge in [0.05, 0.1) is 12.1 Å². The van der Waals surface area contributed by atoms with Crippen molar-refractivity contribution in [1.29, 1.82) is 0 Å². The molecule has 1 aromatic heterocycles. The van der Waals surface area contributed by atoms with Gasteiger partial charge in [-0.15, -0.1) is 0 Å². The summed E-state index contributed by atoms with van der Waals surface area (Å²) in [5.41, 5.74) is 0.927. The van der Waals surface area contributed by atoms with Crippen LogP contribution in [-0.2, 0) is 6.54 Å². The van der Waals surface area contributed by atoms with Crippen molar-refractivity contribution < 1.29 is 9.13 Å². The average Bonchev–Trinajstić information content (AvgIpc) is 2.38. The summed E-state index contributed by atoms with van der Waals surface area (Å²) in [4.78, 5) is 3.89. The average molecular weight is 267 g/mol. The van der Waals surface area contributed by atoms with Crippen LogP contribution in [0.25, 0.3) is 0 Å². The summed E-state index contributed by atoms with van der Waals surface area (Å²) in [5, 5.41) is 3.18. The van der Waals surface area contributed by atoms with Crippen molar-refractivity contribution in [2.24, 2.45) is 0 Å². The van der Waals surface area contributed by atoms with Gasteiger partial charge in [-0.05, 0) is 12.1 Å². The molecular formula is C13H12ClFN2O. The van der Waals surface area contributed by atoms with E-state index in [2.05, 4.69) is 10.3 Å². The molecule has 0 aliphatic carbocycles. The van der Waals surface area contributed by atoms with E-state index in [9.17, 15) is 4.39 Å². The van der Waals surface area contributed by atoms with Crippen molar-refractivity contribution in [3.63, 3.8) is 0 Å². The maximum atomic E-state index is 13.5. The number of pyridine rings is 1. The lowest BCUT2D eigenvalue weighted by Crippen LogP contribution is -2.04. The molecule has 0 aliphatic rings. The predicted octanol–water partition coefficient (Wildman–Crippen LogP) is 3.49. The summed E-state index contributed by atoms with van der Waals surface area (Å²) in [6, 6.07) is 8.75. The molecule has 0 saturated carbocycles. The predicted molar refractivity (Wildman–Crippen MR) is 69.5 cm³/mol. The Labute approximate surface area is 110 Å². The van der Waals surface area contributed by atoms with E-state index in [0.717, 1.165) is 11.3 Å². The highest BCUT2D eigenvalue weighted by molar-refractivity contribution is 6.30. The van der Waals surface area contributed by atoms with Gasteiger partial charge >= 0.3 is 0 Å². The first-order chi connectivity index (χ1) is 8.70. The maximum Gasteiger partial charge on any atom is 0.166 e. The Morgan fingerprint density at radius 1 is 1.39 bits per heavy atom. The first-order valence-electron chi connectivity index (χ1n) is 5.37. The van der Waals surface area contributed by atoms with E-state index >= 15 is 0 Å². The molecular weight excluding hydrogens is 255 g/mol. The number of para-hydroxylation sites is 1. The zero-order valence-electron chi connectivity index (χ0n) is 9.78. The van der Waals surface area contributed by atoms with Gasteiger partial charge in [0.2, 0.25) is 0 Å². The van der Waals surface area contributed by atoms with Crippen LogP contribution in [0.3, 0.4) is 0 Å². The third kappa shape index (κ3) is 2.90. The van der Waals surface area contributed by atoms with Crippen LogP contribution in [0.4, 0.5) is 10.2 Å². The molecule has 0 aliphatic heterocycles. The van der Waals surface area contributed by atoms with Crippen molar-refractivity contribution in [3.05, 3.63) is 52.9 Å². The van der Waals surface area contributed by atoms with Gasteiger partial charge in [0, 0.05) is 18.3 Å². The smallest absolute Gasteiger partial charge is 0.166 e. The van der Waals surface area contributed by atoms with Crippen LogP contribution in [0.5, 0.6) is 5.75 Å². The fourth-order valence-electron chi connectivity index (χ4n) is 1.57. The monoisotopic (exact) mass is 266 g/mol. The Morgan fingerprint density at radius 2 is 2.17 bits per heavy atom. The van der Waals surface area contributed by atoms with Crippen LogP contribution in [0, 0.1) is 5.82 Å². The molecule has 1 aromatic carbocycles. The second-order valence-corrected chi connectivity index (χ2v) is 4.09. The first kappa shape index (κ1) is 12.6. The molecule has 94 valence electrons. The lowest BCUT2D eigenvalue weighted by molar-refractivity contribution is 0.410. The normalized spacial score (nSPS) is 10.2. The van der Waals surface area contributed by atoms with Crippen LogP contribution in [0.2, 0.25) is 5.02 Å². The van der Waals surface area contributed by atoms with Gasteiger partial charge in [-0.25, -0.2) is 9.37 Å². The number of aromatic nitrogens is 1. The zero-order chi connectivity index (χ0) is 13.0. The minimum Gasteiger partial charge on any atom is -0.496 e. The Kier molecular flexibility index (Phi) is 3.99. The molecule has 0 amide bonds. The van der Waals surface area contributed by atoms with Crippen LogP contribution < -0.4 is 10.1 Å². The maximum absolute atomic E-state index is 13.5. The minimum atomic E-state index is -0.475. The van der Waals surface area contributed by atoms with E-state index in [1.54, 1.807) is 7.11 Å². The summed E-state index contributed by atoms with van der Waals surface area (Å²) in [5.74, 6) is 0.446. The number of nitrogens with one attached hydrogen (secondary N) is 1. The number of nitrogens with zero attached hydrogens (tertiary/aromatic N) is 1. The van der Waals surface area contributed by atoms with Gasteiger partial charge in [-0.1, -0.05) is 29.8 Å². The molecule has 0 radical (unpaired) electrons. The van der Waals surface area contributed by atoms with E-state index in [4.69, 9.17) is 16.3 Å². The number of rotatable bonds is 4. The lowest BCUT2D eigenvalue weighted by Gasteiger charge is -2.10. The molecule has 0 fully saturated rings. The van der Waals surface area contributed by atoms with Crippen molar-refractivity contribution in [3.8, 4) is 5.75 Å². The summed E-state index contributed by atoms with van der Waals surface area (Å²) >= 11 is 5.63. The third-order valence-electron chi connectivity index (χ3n) is 2.45. The molecule has 0 bridgehead atoms. The SMILES string of the molecule is COc1ccccc1CNc1ncc(Cl)cc1F. The molecule has 5 heteroatoms. The van der Waals surface area contributed by atoms with Crippen LogP contribution in [-0.4, -0.2) is 12.1 Å². The molecule has 0 unspecified atom stereocenters. The van der Waals surface area contributed by atoms with Gasteiger partial charge in [0.25, 0.3) is 0 Å². The largest absolute Gasteiger partial charge is 0.496 e. The van der Waals surface area contributed by atoms with Crippen LogP contribution >= 0.6 is 11.6 Å². The Morgan fingerprint density at radius 3 is 2.89 bits per heavy atom. The zero-order valence-corrected chi connectivity index (χ0v) is 10.5. The number of benzene rings is 1. The second kappa shape index (κ2) is 5.69. The van der Waals surface area contributed by atoms with Crippen molar-refractivity contribution >= 4 is 17.4 Å². The molecule has 0 spiro atoms. The molecule has 1 N–H and O–H groups in total. The number of hydrogen-bond acceptors (Lipinski definition) is 3. The van der Waals surface area contributed by atoms with Gasteiger partial charge < -0.3 is 10.1 Å². The Balaban J connectivity index is 2.11. The topological polar surface area (TPSA) is 34.1 Å². The van der Waals surface area contributed by atoms with Crippen molar-refractivity contribution in [2.75, 3.05) is 12.4 Å². The third-order valence-corrected chi connectivity index (χ3v) is 2.65. The highest BCUT2D eigenvalue weighted by Gasteiger charge is 2.06. The summed E-state index contributed by atoms with van der Waals surface area (Å²) in [7, 11) is 1.60. The molecule has 2 rings (SSSR count). The molecule has 1 heterocycles. The van der Waals surface area contributed by atoms with Gasteiger partial charge in [0.1, 0.15) is 5.75 Å². The number of anilines is 1. The Hall–Kier alpha value is -1.81. The number of methoxy groups -OCH3 is 1. The highest BCUT2D eigenvalue weighted by atomic mass is 35.5. The minimum absolute atomic E-state index is 0.172. The van der Waals surface area contributed by atoms with Crippen LogP contribution in [0.1, 0.15) is 5.56 Å². The van der Waals surface area contributed by atoms with E-state index in [0.29, 0.717) is 6.54 Å². The summed E-state index contributed by atoms with van der Waals surface area (Å²) in [6.07, 6.45) is 1.40. The van der Waals surface area contributed by atoms with E-state index in [1.807, 2.05) is 24.3 Å². The number of ether oxygens (including phenoxy) is 1. The molecule has 0 atom stereocenters. The summed E-state index contributed by atoms with van der Waals surface area (Å²) in [6.45, 7) is 0.426. The quantitative estimate of drug-likeness (QED) is 0.920. The summed E-state index contributed by atoms with van der Waals surface area (Å²) < 4.78 is 18.7. The lowest BCUT2D eigenvalue weighted by atomic mass is 10.2. The Bertz CT molecular complexity index is 548. The number of hydrogen-bond donors (Lipinski definition) is 1. The van der Waals surface area contributed by atoms with Gasteiger partial charge in [0.15, 0.2) is 11.6 Å². The van der Waals surface area contributed by atoms with Crippen molar-refractivity contribution in [2.45, 2.75) is 6.54 Å². The number of halogens is 2. The van der Waals surface area contributed by atoms with E-state index in [1.165, 1.54) is 12.3 Å². The fraction of sp³-hybridized carbons (Fsp3) is 0.154. The van der Waals surface area contributed by atoms with Gasteiger partial charge in [-0.2, -0.15) is 0 Å². The van der Waals surface area contributed by atoms with E-state index < -0.39 is 5.82 Å². The standard InChI is InChI=1S/C13H12ClFN2O/c1-18-12-5-3-2-4-9(12)7-16-13-11(15)6-10(14)8-17-13/h2-6,8H,7H2,1H3,(H,16,17). The van der Waals surface area contributed by atoms with Gasteiger partial charge in [-0.3, -0.25) is 0 Å². The second-order valence-electron chi connectivity index (χ2n) is 3.65.